The highest BCUT2D eigenvalue weighted by Crippen LogP contribution is 2.31. The normalized spacial score (nSPS) is 15.8. The second-order valence-corrected chi connectivity index (χ2v) is 8.97. The molecule has 2 amide bonds. The van der Waals surface area contributed by atoms with E-state index in [9.17, 15) is 9.59 Å². The topological polar surface area (TPSA) is 83.7 Å². The van der Waals surface area contributed by atoms with Gasteiger partial charge in [-0.15, -0.1) is 0 Å². The van der Waals surface area contributed by atoms with Crippen molar-refractivity contribution in [2.24, 2.45) is 5.92 Å². The Hall–Kier alpha value is -2.32. The van der Waals surface area contributed by atoms with Crippen LogP contribution in [0.2, 0.25) is 0 Å². The van der Waals surface area contributed by atoms with E-state index in [1.807, 2.05) is 20.0 Å². The number of benzene rings is 1. The molecule has 0 saturated carbocycles. The van der Waals surface area contributed by atoms with Crippen molar-refractivity contribution in [3.8, 4) is 11.3 Å². The number of hydrogen-bond donors (Lipinski definition) is 2. The van der Waals surface area contributed by atoms with Crippen molar-refractivity contribution < 1.29 is 19.1 Å². The zero-order chi connectivity index (χ0) is 22.4. The lowest BCUT2D eigenvalue weighted by Crippen LogP contribution is -2.50. The minimum absolute atomic E-state index is 0.00194. The predicted molar refractivity (Wildman–Crippen MR) is 122 cm³/mol. The van der Waals surface area contributed by atoms with Crippen LogP contribution in [0.1, 0.15) is 37.8 Å². The van der Waals surface area contributed by atoms with E-state index < -0.39 is 12.1 Å². The Morgan fingerprint density at radius 2 is 1.84 bits per heavy atom. The average Bonchev–Trinajstić information content (AvgIpc) is 3.50. The van der Waals surface area contributed by atoms with Gasteiger partial charge in [0.2, 0.25) is 5.91 Å². The molecule has 168 valence electrons. The van der Waals surface area contributed by atoms with Crippen LogP contribution in [0, 0.1) is 5.92 Å². The van der Waals surface area contributed by atoms with Gasteiger partial charge >= 0.3 is 6.09 Å². The first kappa shape index (κ1) is 23.3. The fourth-order valence-corrected chi connectivity index (χ4v) is 4.02. The van der Waals surface area contributed by atoms with Gasteiger partial charge in [-0.05, 0) is 36.5 Å². The number of nitrogens with zero attached hydrogens (tertiary/aromatic N) is 1. The van der Waals surface area contributed by atoms with Crippen LogP contribution in [0.5, 0.6) is 0 Å². The van der Waals surface area contributed by atoms with E-state index in [0.29, 0.717) is 0 Å². The summed E-state index contributed by atoms with van der Waals surface area (Å²) in [6.07, 6.45) is 3.59. The van der Waals surface area contributed by atoms with Crippen LogP contribution >= 0.6 is 15.9 Å². The summed E-state index contributed by atoms with van der Waals surface area (Å²) >= 11 is 3.44. The number of rotatable bonds is 4. The van der Waals surface area contributed by atoms with Crippen molar-refractivity contribution in [1.29, 1.82) is 0 Å². The third-order valence-corrected chi connectivity index (χ3v) is 6.05. The smallest absolute Gasteiger partial charge is 0.407 e. The molecule has 2 aliphatic heterocycles. The molecule has 1 unspecified atom stereocenters. The second kappa shape index (κ2) is 10.8. The predicted octanol–water partition coefficient (Wildman–Crippen LogP) is 4.46. The fourth-order valence-electron chi connectivity index (χ4n) is 3.76. The SMILES string of the molecule is Brc1ccc(-c2[nH]cc3c2COC3)cc1.COC(=O)NC(C(=O)N1CCCC1)C(C)C. The Labute approximate surface area is 191 Å². The third-order valence-electron chi connectivity index (χ3n) is 5.53. The Bertz CT molecular complexity index is 889. The van der Waals surface area contributed by atoms with E-state index in [0.717, 1.165) is 43.6 Å². The first-order valence-electron chi connectivity index (χ1n) is 10.6. The molecule has 1 aromatic heterocycles. The number of halogens is 1. The van der Waals surface area contributed by atoms with E-state index in [4.69, 9.17) is 4.74 Å². The number of aromatic amines is 1. The van der Waals surface area contributed by atoms with E-state index in [-0.39, 0.29) is 11.8 Å². The minimum Gasteiger partial charge on any atom is -0.453 e. The summed E-state index contributed by atoms with van der Waals surface area (Å²) in [5.41, 5.74) is 4.99. The molecule has 1 saturated heterocycles. The lowest BCUT2D eigenvalue weighted by atomic mass is 10.0. The number of ether oxygens (including phenoxy) is 2. The largest absolute Gasteiger partial charge is 0.453 e. The van der Waals surface area contributed by atoms with Gasteiger partial charge in [0.1, 0.15) is 6.04 Å². The molecule has 2 aromatic rings. The van der Waals surface area contributed by atoms with E-state index in [1.54, 1.807) is 4.90 Å². The highest BCUT2D eigenvalue weighted by Gasteiger charge is 2.30. The van der Waals surface area contributed by atoms with E-state index >= 15 is 0 Å². The van der Waals surface area contributed by atoms with Crippen LogP contribution in [0.4, 0.5) is 4.79 Å². The molecule has 3 heterocycles. The van der Waals surface area contributed by atoms with Crippen molar-refractivity contribution in [3.63, 3.8) is 0 Å². The van der Waals surface area contributed by atoms with Gasteiger partial charge in [0, 0.05) is 34.9 Å². The van der Waals surface area contributed by atoms with Crippen LogP contribution in [0.3, 0.4) is 0 Å². The van der Waals surface area contributed by atoms with Crippen molar-refractivity contribution in [1.82, 2.24) is 15.2 Å². The summed E-state index contributed by atoms with van der Waals surface area (Å²) in [6.45, 7) is 6.88. The molecule has 0 radical (unpaired) electrons. The third kappa shape index (κ3) is 5.89. The fraction of sp³-hybridized carbons (Fsp3) is 0.478. The van der Waals surface area contributed by atoms with Crippen molar-refractivity contribution in [3.05, 3.63) is 46.1 Å². The van der Waals surface area contributed by atoms with Crippen LogP contribution in [0.15, 0.2) is 34.9 Å². The number of aromatic nitrogens is 1. The molecule has 1 fully saturated rings. The maximum Gasteiger partial charge on any atom is 0.407 e. The van der Waals surface area contributed by atoms with Crippen molar-refractivity contribution in [2.75, 3.05) is 20.2 Å². The molecule has 0 aliphatic carbocycles. The van der Waals surface area contributed by atoms with E-state index in [1.165, 1.54) is 29.5 Å². The quantitative estimate of drug-likeness (QED) is 0.660. The first-order chi connectivity index (χ1) is 14.9. The zero-order valence-electron chi connectivity index (χ0n) is 18.2. The summed E-state index contributed by atoms with van der Waals surface area (Å²) < 4.78 is 11.0. The summed E-state index contributed by atoms with van der Waals surface area (Å²) in [4.78, 5) is 28.4. The minimum atomic E-state index is -0.550. The monoisotopic (exact) mass is 491 g/mol. The van der Waals surface area contributed by atoms with Gasteiger partial charge in [-0.1, -0.05) is 41.9 Å². The van der Waals surface area contributed by atoms with Gasteiger partial charge in [-0.2, -0.15) is 0 Å². The Kier molecular flexibility index (Phi) is 8.15. The van der Waals surface area contributed by atoms with Crippen molar-refractivity contribution >= 4 is 27.9 Å². The number of fused-ring (bicyclic) bond motifs is 1. The molecular weight excluding hydrogens is 462 g/mol. The molecule has 0 spiro atoms. The Morgan fingerprint density at radius 1 is 1.16 bits per heavy atom. The Morgan fingerprint density at radius 3 is 2.45 bits per heavy atom. The second-order valence-electron chi connectivity index (χ2n) is 8.06. The Balaban J connectivity index is 0.000000176. The lowest BCUT2D eigenvalue weighted by molar-refractivity contribution is -0.133. The van der Waals surface area contributed by atoms with Crippen LogP contribution < -0.4 is 5.32 Å². The molecule has 1 atom stereocenters. The van der Waals surface area contributed by atoms with Crippen LogP contribution in [0.25, 0.3) is 11.3 Å². The van der Waals surface area contributed by atoms with Crippen LogP contribution in [-0.4, -0.2) is 48.1 Å². The first-order valence-corrected chi connectivity index (χ1v) is 11.4. The summed E-state index contributed by atoms with van der Waals surface area (Å²) in [5, 5.41) is 2.59. The molecule has 7 nitrogen and oxygen atoms in total. The highest BCUT2D eigenvalue weighted by atomic mass is 79.9. The number of H-pyrrole nitrogens is 1. The molecular formula is C23H30BrN3O4. The number of methoxy groups -OCH3 is 1. The van der Waals surface area contributed by atoms with Gasteiger partial charge in [0.05, 0.1) is 26.0 Å². The number of carbonyl (C=O) groups excluding carboxylic acids is 2. The summed E-state index contributed by atoms with van der Waals surface area (Å²) in [5.74, 6) is 0.0603. The zero-order valence-corrected chi connectivity index (χ0v) is 19.8. The number of amides is 2. The van der Waals surface area contributed by atoms with Gasteiger partial charge in [-0.3, -0.25) is 4.79 Å². The number of likely N-dealkylation sites (tertiary alicyclic amines) is 1. The molecule has 31 heavy (non-hydrogen) atoms. The van der Waals surface area contributed by atoms with E-state index in [2.05, 4.69) is 55.2 Å². The lowest BCUT2D eigenvalue weighted by Gasteiger charge is -2.26. The maximum absolute atomic E-state index is 12.1. The number of alkyl carbamates (subject to hydrolysis) is 1. The summed E-state index contributed by atoms with van der Waals surface area (Å²) in [6, 6.07) is 7.84. The van der Waals surface area contributed by atoms with Gasteiger partial charge < -0.3 is 24.7 Å². The number of carbonyl (C=O) groups is 2. The van der Waals surface area contributed by atoms with Gasteiger partial charge in [0.15, 0.2) is 0 Å². The maximum atomic E-state index is 12.1. The molecule has 1 aromatic carbocycles. The molecule has 2 aliphatic rings. The van der Waals surface area contributed by atoms with Gasteiger partial charge in [-0.25, -0.2) is 4.79 Å². The molecule has 4 rings (SSSR count). The average molecular weight is 492 g/mol. The van der Waals surface area contributed by atoms with Crippen molar-refractivity contribution in [2.45, 2.75) is 45.9 Å². The standard InChI is InChI=1S/C12H10BrNO.C11H20N2O3/c13-10-3-1-8(2-4-10)12-11-7-15-6-9(11)5-14-12;1-8(2)9(12-11(15)16-3)10(14)13-6-4-5-7-13/h1-5,14H,6-7H2;8-9H,4-7H2,1-3H3,(H,12,15). The summed E-state index contributed by atoms with van der Waals surface area (Å²) in [7, 11) is 1.30. The highest BCUT2D eigenvalue weighted by molar-refractivity contribution is 9.10. The van der Waals surface area contributed by atoms with Crippen LogP contribution in [-0.2, 0) is 27.5 Å². The number of hydrogen-bond acceptors (Lipinski definition) is 4. The molecule has 8 heteroatoms. The molecule has 2 N–H and O–H groups in total. The number of nitrogens with one attached hydrogen (secondary N) is 2. The van der Waals surface area contributed by atoms with Gasteiger partial charge in [0.25, 0.3) is 0 Å². The molecule has 0 bridgehead atoms.